The van der Waals surface area contributed by atoms with E-state index in [2.05, 4.69) is 66.2 Å². The van der Waals surface area contributed by atoms with E-state index >= 15 is 0 Å². The smallest absolute Gasteiger partial charge is 0.131 e. The minimum atomic E-state index is 0.194. The monoisotopic (exact) mass is 369 g/mol. The third-order valence-corrected chi connectivity index (χ3v) is 3.48. The van der Waals surface area contributed by atoms with Gasteiger partial charge in [0.05, 0.1) is 0 Å². The zero-order valence-electron chi connectivity index (χ0n) is 10.1. The van der Waals surface area contributed by atoms with Crippen molar-refractivity contribution in [1.82, 2.24) is 9.97 Å². The van der Waals surface area contributed by atoms with Crippen molar-refractivity contribution >= 4 is 37.7 Å². The number of nitrogens with zero attached hydrogens (tertiary/aromatic N) is 2. The summed E-state index contributed by atoms with van der Waals surface area (Å²) >= 11 is 6.80. The Morgan fingerprint density at radius 2 is 1.78 bits per heavy atom. The number of halogens is 2. The average Bonchev–Trinajstić information content (AvgIpc) is 2.28. The quantitative estimate of drug-likeness (QED) is 0.809. The Balaban J connectivity index is 2.15. The molecule has 3 nitrogen and oxygen atoms in total. The van der Waals surface area contributed by atoms with Crippen LogP contribution in [0.25, 0.3) is 0 Å². The summed E-state index contributed by atoms with van der Waals surface area (Å²) < 4.78 is 1.87. The van der Waals surface area contributed by atoms with Crippen LogP contribution in [0.3, 0.4) is 0 Å². The Morgan fingerprint density at radius 3 is 2.39 bits per heavy atom. The molecule has 94 valence electrons. The van der Waals surface area contributed by atoms with Crippen LogP contribution in [0, 0.1) is 6.92 Å². The van der Waals surface area contributed by atoms with Crippen LogP contribution < -0.4 is 5.32 Å². The molecule has 1 heterocycles. The summed E-state index contributed by atoms with van der Waals surface area (Å²) in [5.41, 5.74) is 1.21. The first-order valence-electron chi connectivity index (χ1n) is 5.58. The number of benzene rings is 1. The summed E-state index contributed by atoms with van der Waals surface area (Å²) in [6, 6.07) is 10.3. The van der Waals surface area contributed by atoms with Crippen LogP contribution in [-0.2, 0) is 0 Å². The maximum atomic E-state index is 4.36. The lowest BCUT2D eigenvalue weighted by molar-refractivity contribution is 0.865. The predicted molar refractivity (Wildman–Crippen MR) is 80.6 cm³/mol. The van der Waals surface area contributed by atoms with Gasteiger partial charge in [0.2, 0.25) is 0 Å². The van der Waals surface area contributed by atoms with E-state index in [1.54, 1.807) is 0 Å². The SMILES string of the molecule is Cc1nc(Br)cc(NC(C)c2ccc(Br)cc2)n1. The largest absolute Gasteiger partial charge is 0.363 e. The fraction of sp³-hybridized carbons (Fsp3) is 0.231. The third-order valence-electron chi connectivity index (χ3n) is 2.54. The minimum absolute atomic E-state index is 0.194. The topological polar surface area (TPSA) is 37.8 Å². The first kappa shape index (κ1) is 13.5. The zero-order chi connectivity index (χ0) is 13.1. The maximum absolute atomic E-state index is 4.36. The first-order chi connectivity index (χ1) is 8.54. The summed E-state index contributed by atoms with van der Waals surface area (Å²) in [6.07, 6.45) is 0. The predicted octanol–water partition coefficient (Wildman–Crippen LogP) is 4.48. The summed E-state index contributed by atoms with van der Waals surface area (Å²) in [5, 5.41) is 3.36. The lowest BCUT2D eigenvalue weighted by atomic mass is 10.1. The van der Waals surface area contributed by atoms with Crippen LogP contribution in [0.1, 0.15) is 24.4 Å². The van der Waals surface area contributed by atoms with E-state index in [1.807, 2.05) is 25.1 Å². The summed E-state index contributed by atoms with van der Waals surface area (Å²) in [4.78, 5) is 8.54. The van der Waals surface area contributed by atoms with Crippen LogP contribution in [0.5, 0.6) is 0 Å². The first-order valence-corrected chi connectivity index (χ1v) is 7.16. The van der Waals surface area contributed by atoms with E-state index in [0.29, 0.717) is 0 Å². The Labute approximate surface area is 123 Å². The molecule has 5 heteroatoms. The standard InChI is InChI=1S/C13H13Br2N3/c1-8(10-3-5-11(14)6-4-10)16-13-7-12(15)17-9(2)18-13/h3-8H,1-2H3,(H,16,17,18). The van der Waals surface area contributed by atoms with Crippen LogP contribution in [0.4, 0.5) is 5.82 Å². The molecule has 0 aliphatic rings. The Bertz CT molecular complexity index is 520. The molecule has 18 heavy (non-hydrogen) atoms. The van der Waals surface area contributed by atoms with Gasteiger partial charge in [0, 0.05) is 16.6 Å². The number of nitrogens with one attached hydrogen (secondary N) is 1. The molecule has 1 N–H and O–H groups in total. The van der Waals surface area contributed by atoms with Gasteiger partial charge in [-0.15, -0.1) is 0 Å². The number of rotatable bonds is 3. The maximum Gasteiger partial charge on any atom is 0.131 e. The highest BCUT2D eigenvalue weighted by Crippen LogP contribution is 2.21. The normalized spacial score (nSPS) is 12.2. The molecule has 0 fully saturated rings. The highest BCUT2D eigenvalue weighted by atomic mass is 79.9. The van der Waals surface area contributed by atoms with Gasteiger partial charge in [-0.1, -0.05) is 28.1 Å². The van der Waals surface area contributed by atoms with Gasteiger partial charge in [0.1, 0.15) is 16.2 Å². The Morgan fingerprint density at radius 1 is 1.11 bits per heavy atom. The van der Waals surface area contributed by atoms with Gasteiger partial charge in [-0.05, 0) is 47.5 Å². The van der Waals surface area contributed by atoms with E-state index in [9.17, 15) is 0 Å². The van der Waals surface area contributed by atoms with Crippen molar-refractivity contribution in [2.24, 2.45) is 0 Å². The average molecular weight is 371 g/mol. The molecule has 0 aliphatic carbocycles. The van der Waals surface area contributed by atoms with Gasteiger partial charge in [-0.25, -0.2) is 9.97 Å². The molecule has 0 saturated carbocycles. The van der Waals surface area contributed by atoms with E-state index in [4.69, 9.17) is 0 Å². The summed E-state index contributed by atoms with van der Waals surface area (Å²) in [7, 11) is 0. The molecular weight excluding hydrogens is 358 g/mol. The zero-order valence-corrected chi connectivity index (χ0v) is 13.3. The lowest BCUT2D eigenvalue weighted by Crippen LogP contribution is -2.08. The van der Waals surface area contributed by atoms with Gasteiger partial charge < -0.3 is 5.32 Å². The fourth-order valence-electron chi connectivity index (χ4n) is 1.66. The Kier molecular flexibility index (Phi) is 4.35. The molecule has 0 saturated heterocycles. The number of anilines is 1. The van der Waals surface area contributed by atoms with Crippen LogP contribution >= 0.6 is 31.9 Å². The number of aryl methyl sites for hydroxylation is 1. The van der Waals surface area contributed by atoms with Crippen molar-refractivity contribution in [3.63, 3.8) is 0 Å². The number of hydrogen-bond acceptors (Lipinski definition) is 3. The minimum Gasteiger partial charge on any atom is -0.363 e. The molecule has 1 aromatic heterocycles. The molecule has 2 aromatic rings. The van der Waals surface area contributed by atoms with Crippen molar-refractivity contribution in [2.45, 2.75) is 19.9 Å². The van der Waals surface area contributed by atoms with E-state index in [0.717, 1.165) is 20.7 Å². The third kappa shape index (κ3) is 3.53. The van der Waals surface area contributed by atoms with Gasteiger partial charge in [-0.2, -0.15) is 0 Å². The van der Waals surface area contributed by atoms with Crippen molar-refractivity contribution in [2.75, 3.05) is 5.32 Å². The number of hydrogen-bond donors (Lipinski definition) is 1. The summed E-state index contributed by atoms with van der Waals surface area (Å²) in [6.45, 7) is 3.98. The van der Waals surface area contributed by atoms with E-state index < -0.39 is 0 Å². The lowest BCUT2D eigenvalue weighted by Gasteiger charge is -2.15. The molecule has 1 unspecified atom stereocenters. The van der Waals surface area contributed by atoms with Crippen LogP contribution in [-0.4, -0.2) is 9.97 Å². The highest BCUT2D eigenvalue weighted by Gasteiger charge is 2.07. The molecule has 0 bridgehead atoms. The van der Waals surface area contributed by atoms with Crippen LogP contribution in [0.2, 0.25) is 0 Å². The molecule has 0 spiro atoms. The number of aromatic nitrogens is 2. The fourth-order valence-corrected chi connectivity index (χ4v) is 2.40. The second kappa shape index (κ2) is 5.80. The van der Waals surface area contributed by atoms with E-state index in [-0.39, 0.29) is 6.04 Å². The molecule has 1 atom stereocenters. The molecule has 0 radical (unpaired) electrons. The van der Waals surface area contributed by atoms with Gasteiger partial charge >= 0.3 is 0 Å². The van der Waals surface area contributed by atoms with Crippen molar-refractivity contribution in [3.8, 4) is 0 Å². The van der Waals surface area contributed by atoms with Crippen LogP contribution in [0.15, 0.2) is 39.4 Å². The van der Waals surface area contributed by atoms with E-state index in [1.165, 1.54) is 5.56 Å². The van der Waals surface area contributed by atoms with Crippen molar-refractivity contribution < 1.29 is 0 Å². The molecule has 0 amide bonds. The molecule has 0 aliphatic heterocycles. The second-order valence-corrected chi connectivity index (χ2v) is 5.77. The van der Waals surface area contributed by atoms with Crippen molar-refractivity contribution in [3.05, 3.63) is 50.8 Å². The molecular formula is C13H13Br2N3. The van der Waals surface area contributed by atoms with Gasteiger partial charge in [0.25, 0.3) is 0 Å². The van der Waals surface area contributed by atoms with Gasteiger partial charge in [0.15, 0.2) is 0 Å². The Hall–Kier alpha value is -0.940. The summed E-state index contributed by atoms with van der Waals surface area (Å²) in [5.74, 6) is 1.57. The van der Waals surface area contributed by atoms with Crippen molar-refractivity contribution in [1.29, 1.82) is 0 Å². The molecule has 1 aromatic carbocycles. The second-order valence-electron chi connectivity index (χ2n) is 4.04. The van der Waals surface area contributed by atoms with Gasteiger partial charge in [-0.3, -0.25) is 0 Å². The molecule has 2 rings (SSSR count). The highest BCUT2D eigenvalue weighted by molar-refractivity contribution is 9.10.